The average molecular weight is 323 g/mol. The van der Waals surface area contributed by atoms with Crippen molar-refractivity contribution in [1.29, 1.82) is 0 Å². The van der Waals surface area contributed by atoms with Crippen molar-refractivity contribution in [2.45, 2.75) is 109 Å². The first-order valence-electron chi connectivity index (χ1n) is 10.9. The van der Waals surface area contributed by atoms with Gasteiger partial charge in [-0.3, -0.25) is 5.43 Å². The highest BCUT2D eigenvalue weighted by molar-refractivity contribution is 4.64. The molecule has 2 unspecified atom stereocenters. The molecule has 0 saturated carbocycles. The van der Waals surface area contributed by atoms with E-state index in [9.17, 15) is 0 Å². The minimum absolute atomic E-state index is 1.04. The van der Waals surface area contributed by atoms with Crippen LogP contribution in [0.3, 0.4) is 0 Å². The molecule has 0 aromatic heterocycles. The number of nitrogens with zero attached hydrogens (tertiary/aromatic N) is 1. The Morgan fingerprint density at radius 1 is 0.478 bits per heavy atom. The Kier molecular flexibility index (Phi) is 11.1. The molecule has 1 N–H and O–H groups in total. The van der Waals surface area contributed by atoms with Crippen LogP contribution in [0, 0.1) is 5.92 Å². The van der Waals surface area contributed by atoms with Gasteiger partial charge in [0.25, 0.3) is 0 Å². The Hall–Kier alpha value is -0.0800. The van der Waals surface area contributed by atoms with Crippen LogP contribution in [-0.2, 0) is 0 Å². The minimum atomic E-state index is 1.04. The third-order valence-corrected chi connectivity index (χ3v) is 5.96. The number of rotatable bonds is 0. The normalized spacial score (nSPS) is 31.3. The first kappa shape index (κ1) is 19.2. The highest BCUT2D eigenvalue weighted by Crippen LogP contribution is 2.24. The molecule has 2 aliphatic heterocycles. The van der Waals surface area contributed by atoms with Gasteiger partial charge >= 0.3 is 0 Å². The maximum absolute atomic E-state index is 3.73. The number of hydrogen-bond donors (Lipinski definition) is 1. The molecule has 23 heavy (non-hydrogen) atoms. The topological polar surface area (TPSA) is 15.3 Å². The van der Waals surface area contributed by atoms with Crippen molar-refractivity contribution in [3.8, 4) is 0 Å². The van der Waals surface area contributed by atoms with Gasteiger partial charge in [-0.25, -0.2) is 5.01 Å². The van der Waals surface area contributed by atoms with Crippen LogP contribution in [0.25, 0.3) is 0 Å². The van der Waals surface area contributed by atoms with Crippen LogP contribution in [0.4, 0.5) is 0 Å². The molecule has 0 aromatic rings. The molecule has 2 atom stereocenters. The van der Waals surface area contributed by atoms with E-state index in [2.05, 4.69) is 10.4 Å². The van der Waals surface area contributed by atoms with Gasteiger partial charge in [0.15, 0.2) is 0 Å². The van der Waals surface area contributed by atoms with E-state index >= 15 is 0 Å². The van der Waals surface area contributed by atoms with Crippen molar-refractivity contribution in [3.63, 3.8) is 0 Å². The Morgan fingerprint density at radius 3 is 1.52 bits per heavy atom. The smallest absolute Gasteiger partial charge is 0.0130 e. The van der Waals surface area contributed by atoms with Crippen molar-refractivity contribution in [3.05, 3.63) is 0 Å². The maximum atomic E-state index is 3.73. The summed E-state index contributed by atoms with van der Waals surface area (Å²) in [5, 5.41) is 2.55. The molecule has 2 heteroatoms. The molecular formula is C21H42N2. The predicted molar refractivity (Wildman–Crippen MR) is 102 cm³/mol. The van der Waals surface area contributed by atoms with Gasteiger partial charge in [0, 0.05) is 19.6 Å². The molecule has 0 spiro atoms. The van der Waals surface area contributed by atoms with Gasteiger partial charge in [0.05, 0.1) is 0 Å². The second-order valence-corrected chi connectivity index (χ2v) is 8.08. The van der Waals surface area contributed by atoms with Gasteiger partial charge in [0.2, 0.25) is 0 Å². The van der Waals surface area contributed by atoms with Gasteiger partial charge in [-0.15, -0.1) is 0 Å². The fourth-order valence-electron chi connectivity index (χ4n) is 4.38. The Morgan fingerprint density at radius 2 is 0.913 bits per heavy atom. The zero-order chi connectivity index (χ0) is 16.0. The van der Waals surface area contributed by atoms with Crippen LogP contribution in [0.1, 0.15) is 109 Å². The summed E-state index contributed by atoms with van der Waals surface area (Å²) in [4.78, 5) is 0. The molecular weight excluding hydrogens is 280 g/mol. The van der Waals surface area contributed by atoms with Crippen LogP contribution in [0.2, 0.25) is 0 Å². The molecule has 2 fully saturated rings. The third-order valence-electron chi connectivity index (χ3n) is 5.96. The summed E-state index contributed by atoms with van der Waals surface area (Å²) >= 11 is 0. The average Bonchev–Trinajstić information content (AvgIpc) is 2.57. The second kappa shape index (κ2) is 13.2. The van der Waals surface area contributed by atoms with Crippen LogP contribution in [0.5, 0.6) is 0 Å². The van der Waals surface area contributed by atoms with E-state index in [0.717, 1.165) is 5.92 Å². The largest absolute Gasteiger partial charge is 0.255 e. The first-order chi connectivity index (χ1) is 11.4. The van der Waals surface area contributed by atoms with Crippen molar-refractivity contribution in [2.75, 3.05) is 19.6 Å². The van der Waals surface area contributed by atoms with Crippen LogP contribution >= 0.6 is 0 Å². The van der Waals surface area contributed by atoms with Crippen LogP contribution in [0.15, 0.2) is 0 Å². The van der Waals surface area contributed by atoms with Crippen LogP contribution in [-0.4, -0.2) is 24.6 Å². The predicted octanol–water partition coefficient (Wildman–Crippen LogP) is 6.07. The summed E-state index contributed by atoms with van der Waals surface area (Å²) in [7, 11) is 0. The second-order valence-electron chi connectivity index (χ2n) is 8.08. The standard InChI is InChI=1S/C21H42N2/c1-2-7-13-19-23-20-14-8-11-17-21(15-9-4-1)16-10-5-3-6-12-18-22-23/h21-22H,1-20H2. The zero-order valence-electron chi connectivity index (χ0n) is 15.7. The first-order valence-corrected chi connectivity index (χ1v) is 10.9. The fourth-order valence-corrected chi connectivity index (χ4v) is 4.38. The van der Waals surface area contributed by atoms with Crippen molar-refractivity contribution in [1.82, 2.24) is 10.4 Å². The Balaban J connectivity index is 1.87. The number of nitrogens with one attached hydrogen (secondary N) is 1. The van der Waals surface area contributed by atoms with Crippen LogP contribution < -0.4 is 5.43 Å². The van der Waals surface area contributed by atoms with E-state index in [1.807, 2.05) is 0 Å². The van der Waals surface area contributed by atoms with Gasteiger partial charge in [-0.2, -0.15) is 0 Å². The SMILES string of the molecule is C1CCCCN2CCCCCC(CCC1)CCCCCCCN2. The highest BCUT2D eigenvalue weighted by Gasteiger charge is 2.11. The van der Waals surface area contributed by atoms with E-state index < -0.39 is 0 Å². The zero-order valence-corrected chi connectivity index (χ0v) is 15.7. The lowest BCUT2D eigenvalue weighted by atomic mass is 9.89. The lowest BCUT2D eigenvalue weighted by molar-refractivity contribution is 0.177. The Bertz CT molecular complexity index is 221. The monoisotopic (exact) mass is 322 g/mol. The van der Waals surface area contributed by atoms with Gasteiger partial charge < -0.3 is 0 Å². The maximum Gasteiger partial charge on any atom is 0.0130 e. The fraction of sp³-hybridized carbons (Fsp3) is 1.00. The third kappa shape index (κ3) is 9.72. The van der Waals surface area contributed by atoms with Gasteiger partial charge in [-0.1, -0.05) is 89.9 Å². The van der Waals surface area contributed by atoms with Crippen molar-refractivity contribution in [2.24, 2.45) is 5.92 Å². The lowest BCUT2D eigenvalue weighted by Crippen LogP contribution is -2.40. The van der Waals surface area contributed by atoms with E-state index in [0.29, 0.717) is 0 Å². The molecule has 0 amide bonds. The molecule has 2 nitrogen and oxygen atoms in total. The summed E-state index contributed by atoms with van der Waals surface area (Å²) in [6.07, 6.45) is 24.8. The Labute approximate surface area is 145 Å². The molecule has 0 aromatic carbocycles. The molecule has 2 saturated heterocycles. The van der Waals surface area contributed by atoms with E-state index in [1.165, 1.54) is 129 Å². The number of hydrogen-bond acceptors (Lipinski definition) is 2. The lowest BCUT2D eigenvalue weighted by Gasteiger charge is -2.23. The highest BCUT2D eigenvalue weighted by atomic mass is 15.5. The summed E-state index contributed by atoms with van der Waals surface area (Å²) in [5.41, 5.74) is 3.73. The molecule has 2 heterocycles. The number of fused-ring (bicyclic) bond motifs is 6. The molecule has 136 valence electrons. The summed E-state index contributed by atoms with van der Waals surface area (Å²) in [6.45, 7) is 3.73. The number of hydrazine groups is 1. The quantitative estimate of drug-likeness (QED) is 0.582. The molecule has 0 aliphatic carbocycles. The summed E-state index contributed by atoms with van der Waals surface area (Å²) in [5.74, 6) is 1.04. The van der Waals surface area contributed by atoms with E-state index in [1.54, 1.807) is 0 Å². The summed E-state index contributed by atoms with van der Waals surface area (Å²) in [6, 6.07) is 0. The van der Waals surface area contributed by atoms with E-state index in [-0.39, 0.29) is 0 Å². The molecule has 2 aliphatic rings. The molecule has 0 radical (unpaired) electrons. The van der Waals surface area contributed by atoms with Crippen molar-refractivity contribution >= 4 is 0 Å². The summed E-state index contributed by atoms with van der Waals surface area (Å²) < 4.78 is 0. The van der Waals surface area contributed by atoms with Gasteiger partial charge in [0.1, 0.15) is 0 Å². The van der Waals surface area contributed by atoms with Crippen molar-refractivity contribution < 1.29 is 0 Å². The van der Waals surface area contributed by atoms with Gasteiger partial charge in [-0.05, 0) is 25.2 Å². The molecule has 2 bridgehead atoms. The van der Waals surface area contributed by atoms with E-state index in [4.69, 9.17) is 0 Å². The molecule has 2 rings (SSSR count). The minimum Gasteiger partial charge on any atom is -0.255 e.